The van der Waals surface area contributed by atoms with Crippen LogP contribution in [0.25, 0.3) is 11.0 Å². The third-order valence-electron chi connectivity index (χ3n) is 5.91. The van der Waals surface area contributed by atoms with E-state index in [1.54, 1.807) is 29.8 Å². The third kappa shape index (κ3) is 3.79. The fourth-order valence-electron chi connectivity index (χ4n) is 4.17. The molecule has 1 fully saturated rings. The molecule has 1 aliphatic rings. The van der Waals surface area contributed by atoms with Gasteiger partial charge in [-0.2, -0.15) is 5.26 Å². The molecule has 0 radical (unpaired) electrons. The summed E-state index contributed by atoms with van der Waals surface area (Å²) >= 11 is 6.01. The highest BCUT2D eigenvalue weighted by molar-refractivity contribution is 6.30. The molecule has 0 N–H and O–H groups in total. The maximum absolute atomic E-state index is 12.6. The normalized spacial score (nSPS) is 19.8. The Bertz CT molecular complexity index is 1180. The van der Waals surface area contributed by atoms with Gasteiger partial charge in [-0.1, -0.05) is 23.7 Å². The number of hydrogen-bond acceptors (Lipinski definition) is 5. The molecular formula is C23H24ClN5O. The van der Waals surface area contributed by atoms with Crippen molar-refractivity contribution in [2.24, 2.45) is 7.05 Å². The van der Waals surface area contributed by atoms with Crippen LogP contribution < -0.4 is 10.5 Å². The maximum Gasteiger partial charge on any atom is 0.252 e. The second-order valence-electron chi connectivity index (χ2n) is 8.01. The lowest BCUT2D eigenvalue weighted by Crippen LogP contribution is -2.56. The molecule has 30 heavy (non-hydrogen) atoms. The minimum absolute atomic E-state index is 0.0764. The van der Waals surface area contributed by atoms with Crippen LogP contribution in [0.4, 0.5) is 5.69 Å². The van der Waals surface area contributed by atoms with Crippen LogP contribution in [0.2, 0.25) is 5.02 Å². The average molecular weight is 422 g/mol. The lowest BCUT2D eigenvalue weighted by molar-refractivity contribution is 0.158. The van der Waals surface area contributed by atoms with Gasteiger partial charge in [0.2, 0.25) is 0 Å². The Labute approximate surface area is 180 Å². The Kier molecular flexibility index (Phi) is 5.50. The number of aryl methyl sites for hydroxylation is 1. The molecule has 0 aliphatic carbocycles. The van der Waals surface area contributed by atoms with Gasteiger partial charge in [0.25, 0.3) is 5.56 Å². The molecule has 0 unspecified atom stereocenters. The van der Waals surface area contributed by atoms with Crippen LogP contribution in [-0.4, -0.2) is 39.6 Å². The molecular weight excluding hydrogens is 398 g/mol. The molecule has 0 spiro atoms. The van der Waals surface area contributed by atoms with E-state index in [4.69, 9.17) is 11.6 Å². The van der Waals surface area contributed by atoms with Crippen molar-refractivity contribution >= 4 is 28.3 Å². The van der Waals surface area contributed by atoms with Gasteiger partial charge in [0, 0.05) is 49.9 Å². The van der Waals surface area contributed by atoms with Crippen LogP contribution in [0, 0.1) is 11.3 Å². The maximum atomic E-state index is 12.6. The van der Waals surface area contributed by atoms with E-state index in [0.717, 1.165) is 35.9 Å². The second kappa shape index (κ2) is 8.10. The van der Waals surface area contributed by atoms with Crippen LogP contribution >= 0.6 is 11.6 Å². The van der Waals surface area contributed by atoms with E-state index >= 15 is 0 Å². The zero-order valence-electron chi connectivity index (χ0n) is 17.3. The summed E-state index contributed by atoms with van der Waals surface area (Å²) in [5.74, 6) is 0. The van der Waals surface area contributed by atoms with E-state index in [-0.39, 0.29) is 17.6 Å². The van der Waals surface area contributed by atoms with Gasteiger partial charge in [0.1, 0.15) is 17.3 Å². The van der Waals surface area contributed by atoms with Gasteiger partial charge in [-0.3, -0.25) is 9.69 Å². The largest absolute Gasteiger partial charge is 0.364 e. The average Bonchev–Trinajstić information content (AvgIpc) is 2.74. The van der Waals surface area contributed by atoms with E-state index < -0.39 is 0 Å². The van der Waals surface area contributed by atoms with E-state index in [1.165, 1.54) is 5.56 Å². The number of fused-ring (bicyclic) bond motifs is 1. The summed E-state index contributed by atoms with van der Waals surface area (Å²) in [5, 5.41) is 10.0. The Morgan fingerprint density at radius 1 is 1.13 bits per heavy atom. The first kappa shape index (κ1) is 20.4. The first-order chi connectivity index (χ1) is 14.4. The first-order valence-electron chi connectivity index (χ1n) is 10.0. The predicted octanol–water partition coefficient (Wildman–Crippen LogP) is 3.56. The highest BCUT2D eigenvalue weighted by Gasteiger charge is 2.31. The van der Waals surface area contributed by atoms with E-state index in [9.17, 15) is 10.1 Å². The Balaban J connectivity index is 1.66. The highest BCUT2D eigenvalue weighted by Crippen LogP contribution is 2.29. The van der Waals surface area contributed by atoms with Gasteiger partial charge >= 0.3 is 0 Å². The number of rotatable bonds is 3. The number of hydrogen-bond donors (Lipinski definition) is 0. The summed E-state index contributed by atoms with van der Waals surface area (Å²) in [4.78, 5) is 21.8. The van der Waals surface area contributed by atoms with Crippen LogP contribution in [0.1, 0.15) is 25.1 Å². The van der Waals surface area contributed by atoms with Gasteiger partial charge in [-0.05, 0) is 43.7 Å². The number of piperazine rings is 1. The Hall–Kier alpha value is -2.88. The molecule has 4 rings (SSSR count). The lowest BCUT2D eigenvalue weighted by Gasteiger charge is -2.45. The molecule has 1 aromatic carbocycles. The molecule has 0 bridgehead atoms. The quantitative estimate of drug-likeness (QED) is 0.647. The van der Waals surface area contributed by atoms with Gasteiger partial charge < -0.3 is 9.47 Å². The molecule has 3 heterocycles. The number of nitriles is 1. The highest BCUT2D eigenvalue weighted by atomic mass is 35.5. The molecule has 0 amide bonds. The molecule has 2 atom stereocenters. The molecule has 154 valence electrons. The monoisotopic (exact) mass is 421 g/mol. The molecule has 2 aromatic heterocycles. The molecule has 7 heteroatoms. The van der Waals surface area contributed by atoms with Crippen molar-refractivity contribution in [1.29, 1.82) is 5.26 Å². The third-order valence-corrected chi connectivity index (χ3v) is 6.16. The number of pyridine rings is 2. The smallest absolute Gasteiger partial charge is 0.252 e. The zero-order valence-corrected chi connectivity index (χ0v) is 18.1. The van der Waals surface area contributed by atoms with Crippen molar-refractivity contribution in [3.8, 4) is 6.07 Å². The molecule has 1 saturated heterocycles. The van der Waals surface area contributed by atoms with E-state index in [2.05, 4.69) is 46.8 Å². The zero-order chi connectivity index (χ0) is 21.4. The lowest BCUT2D eigenvalue weighted by atomic mass is 10.0. The summed E-state index contributed by atoms with van der Waals surface area (Å²) in [6.45, 7) is 6.85. The van der Waals surface area contributed by atoms with Gasteiger partial charge in [-0.15, -0.1) is 0 Å². The minimum Gasteiger partial charge on any atom is -0.364 e. The first-order valence-corrected chi connectivity index (χ1v) is 10.4. The fraction of sp³-hybridized carbons (Fsp3) is 0.348. The summed E-state index contributed by atoms with van der Waals surface area (Å²) in [6.07, 6.45) is 0. The van der Waals surface area contributed by atoms with Crippen molar-refractivity contribution < 1.29 is 0 Å². The predicted molar refractivity (Wildman–Crippen MR) is 120 cm³/mol. The fourth-order valence-corrected chi connectivity index (χ4v) is 4.30. The molecule has 0 saturated carbocycles. The van der Waals surface area contributed by atoms with Crippen molar-refractivity contribution in [2.75, 3.05) is 18.0 Å². The molecule has 6 nitrogen and oxygen atoms in total. The van der Waals surface area contributed by atoms with Crippen LogP contribution in [-0.2, 0) is 13.6 Å². The van der Waals surface area contributed by atoms with Gasteiger partial charge in [-0.25, -0.2) is 4.98 Å². The molecule has 3 aromatic rings. The van der Waals surface area contributed by atoms with Gasteiger partial charge in [0.15, 0.2) is 0 Å². The second-order valence-corrected chi connectivity index (χ2v) is 8.45. The SMILES string of the molecule is C[C@@H]1CN(c2cc(=O)n(C)c3ccc(C#N)nc23)[C@@H](C)CN1Cc1ccc(Cl)cc1. The number of aromatic nitrogens is 2. The summed E-state index contributed by atoms with van der Waals surface area (Å²) in [6, 6.07) is 15.7. The van der Waals surface area contributed by atoms with E-state index in [0.29, 0.717) is 11.2 Å². The topological polar surface area (TPSA) is 65.2 Å². The minimum atomic E-state index is -0.0764. The number of halogens is 1. The number of nitrogens with zero attached hydrogens (tertiary/aromatic N) is 5. The standard InChI is InChI=1S/C23H24ClN5O/c1-15-13-29(16(2)12-28(15)14-17-4-6-18(24)7-5-17)21-10-22(30)27(3)20-9-8-19(11-25)26-23(20)21/h4-10,15-16H,12-14H2,1-3H3/t15-,16+/m1/s1. The summed E-state index contributed by atoms with van der Waals surface area (Å²) < 4.78 is 1.58. The summed E-state index contributed by atoms with van der Waals surface area (Å²) in [7, 11) is 1.73. The van der Waals surface area contributed by atoms with Crippen molar-refractivity contribution in [3.63, 3.8) is 0 Å². The number of anilines is 1. The Morgan fingerprint density at radius 3 is 2.57 bits per heavy atom. The van der Waals surface area contributed by atoms with Crippen molar-refractivity contribution in [2.45, 2.75) is 32.5 Å². The van der Waals surface area contributed by atoms with Crippen molar-refractivity contribution in [1.82, 2.24) is 14.5 Å². The van der Waals surface area contributed by atoms with E-state index in [1.807, 2.05) is 12.1 Å². The number of benzene rings is 1. The van der Waals surface area contributed by atoms with Crippen molar-refractivity contribution in [3.05, 3.63) is 69.1 Å². The van der Waals surface area contributed by atoms with Crippen LogP contribution in [0.3, 0.4) is 0 Å². The summed E-state index contributed by atoms with van der Waals surface area (Å²) in [5.41, 5.74) is 3.74. The Morgan fingerprint density at radius 2 is 1.87 bits per heavy atom. The molecule has 1 aliphatic heterocycles. The van der Waals surface area contributed by atoms with Gasteiger partial charge in [0.05, 0.1) is 11.2 Å². The van der Waals surface area contributed by atoms with Crippen LogP contribution in [0.15, 0.2) is 47.3 Å². The van der Waals surface area contributed by atoms with Crippen LogP contribution in [0.5, 0.6) is 0 Å².